The molecular weight excluding hydrogens is 547 g/mol. The number of hydrogen-bond donors (Lipinski definition) is 0. The number of ether oxygens (including phenoxy) is 2. The van der Waals surface area contributed by atoms with Gasteiger partial charge in [-0.1, -0.05) is 94.4 Å². The summed E-state index contributed by atoms with van der Waals surface area (Å²) in [5.74, 6) is 1.40. The Morgan fingerprint density at radius 1 is 0.629 bits per heavy atom. The molecule has 35 heavy (non-hydrogen) atoms. The average molecular weight is 578 g/mol. The van der Waals surface area contributed by atoms with E-state index in [1.54, 1.807) is 0 Å². The van der Waals surface area contributed by atoms with Crippen LogP contribution >= 0.6 is 22.6 Å². The lowest BCUT2D eigenvalue weighted by Gasteiger charge is -2.28. The molecule has 0 radical (unpaired) electrons. The molecule has 3 aromatic rings. The minimum Gasteiger partial charge on any atom is -0.475 e. The van der Waals surface area contributed by atoms with Crippen LogP contribution in [0.1, 0.15) is 49.9 Å². The maximum absolute atomic E-state index is 6.16. The molecule has 180 valence electrons. The Morgan fingerprint density at radius 2 is 1.03 bits per heavy atom. The van der Waals surface area contributed by atoms with Crippen LogP contribution in [0.15, 0.2) is 88.8 Å². The Hall–Kier alpha value is -2.67. The number of nitrogens with zero attached hydrogens (tertiary/aromatic N) is 2. The lowest BCUT2D eigenvalue weighted by atomic mass is 9.78. The van der Waals surface area contributed by atoms with Crippen LogP contribution in [-0.4, -0.2) is 37.1 Å². The second kappa shape index (κ2) is 9.41. The molecule has 5 heteroatoms. The van der Waals surface area contributed by atoms with Gasteiger partial charge in [0.1, 0.15) is 13.2 Å². The molecule has 5 rings (SSSR count). The van der Waals surface area contributed by atoms with E-state index in [9.17, 15) is 0 Å². The summed E-state index contributed by atoms with van der Waals surface area (Å²) < 4.78 is 13.4. The molecule has 3 aromatic carbocycles. The third-order valence-electron chi connectivity index (χ3n) is 7.46. The van der Waals surface area contributed by atoms with Gasteiger partial charge in [0, 0.05) is 14.4 Å². The molecule has 2 aliphatic rings. The summed E-state index contributed by atoms with van der Waals surface area (Å²) in [6.07, 6.45) is 0. The highest BCUT2D eigenvalue weighted by molar-refractivity contribution is 14.1. The van der Waals surface area contributed by atoms with Crippen molar-refractivity contribution < 1.29 is 9.47 Å². The number of benzene rings is 3. The molecule has 2 atom stereocenters. The van der Waals surface area contributed by atoms with Gasteiger partial charge < -0.3 is 9.47 Å². The van der Waals surface area contributed by atoms with Crippen LogP contribution < -0.4 is 0 Å². The normalized spacial score (nSPS) is 20.1. The maximum Gasteiger partial charge on any atom is 0.217 e. The van der Waals surface area contributed by atoms with E-state index in [2.05, 4.69) is 111 Å². The Kier molecular flexibility index (Phi) is 6.47. The molecule has 0 aliphatic carbocycles. The highest BCUT2D eigenvalue weighted by atomic mass is 127. The standard InChI is InChI=1S/C30H31IN2O2/c1-29(2,20-12-7-5-8-13-20)24-18-34-27(32-24)22-16-11-17-23(26(22)31)28-33-25(19-35-28)30(3,4)21-14-9-6-10-15-21/h5-17,24-25H,18-19H2,1-4H3/t24-,25-/m1/s1. The van der Waals surface area contributed by atoms with E-state index in [4.69, 9.17) is 19.5 Å². The molecule has 0 saturated heterocycles. The zero-order valence-corrected chi connectivity index (χ0v) is 22.8. The fourth-order valence-corrected chi connectivity index (χ4v) is 5.59. The first-order chi connectivity index (χ1) is 16.8. The van der Waals surface area contributed by atoms with Gasteiger partial charge in [-0.15, -0.1) is 0 Å². The van der Waals surface area contributed by atoms with Gasteiger partial charge in [0.25, 0.3) is 0 Å². The predicted molar refractivity (Wildman–Crippen MR) is 151 cm³/mol. The van der Waals surface area contributed by atoms with Crippen LogP contribution in [0.5, 0.6) is 0 Å². The summed E-state index contributed by atoms with van der Waals surface area (Å²) in [7, 11) is 0. The first kappa shape index (κ1) is 24.0. The maximum atomic E-state index is 6.16. The van der Waals surface area contributed by atoms with E-state index in [-0.39, 0.29) is 22.9 Å². The quantitative estimate of drug-likeness (QED) is 0.312. The molecular formula is C30H31IN2O2. The largest absolute Gasteiger partial charge is 0.475 e. The smallest absolute Gasteiger partial charge is 0.217 e. The molecule has 0 fully saturated rings. The van der Waals surface area contributed by atoms with Crippen LogP contribution in [0.3, 0.4) is 0 Å². The molecule has 0 aromatic heterocycles. The van der Waals surface area contributed by atoms with Crippen LogP contribution in [0.2, 0.25) is 0 Å². The third kappa shape index (κ3) is 4.51. The first-order valence-corrected chi connectivity index (χ1v) is 13.2. The average Bonchev–Trinajstić information content (AvgIpc) is 3.57. The van der Waals surface area contributed by atoms with Crippen LogP contribution in [0.25, 0.3) is 0 Å². The van der Waals surface area contributed by atoms with Crippen molar-refractivity contribution in [1.29, 1.82) is 0 Å². The summed E-state index contributed by atoms with van der Waals surface area (Å²) in [5, 5.41) is 0. The second-order valence-corrected chi connectivity index (χ2v) is 11.4. The van der Waals surface area contributed by atoms with Crippen molar-refractivity contribution in [3.63, 3.8) is 0 Å². The van der Waals surface area contributed by atoms with Gasteiger partial charge in [-0.3, -0.25) is 0 Å². The highest BCUT2D eigenvalue weighted by Gasteiger charge is 2.38. The summed E-state index contributed by atoms with van der Waals surface area (Å²) in [4.78, 5) is 10.1. The van der Waals surface area contributed by atoms with Gasteiger partial charge in [-0.05, 0) is 45.9 Å². The van der Waals surface area contributed by atoms with Crippen molar-refractivity contribution in [3.05, 3.63) is 105 Å². The SMILES string of the molecule is CC(C)(c1ccccc1)[C@H]1COC(c2cccc(C3=N[C@@H](C(C)(C)c4ccccc4)CO3)c2I)=N1. The lowest BCUT2D eigenvalue weighted by molar-refractivity contribution is 0.271. The fraction of sp³-hybridized carbons (Fsp3) is 0.333. The van der Waals surface area contributed by atoms with Gasteiger partial charge in [0.2, 0.25) is 11.8 Å². The zero-order chi connectivity index (χ0) is 24.6. The molecule has 0 amide bonds. The molecule has 0 saturated carbocycles. The van der Waals surface area contributed by atoms with Gasteiger partial charge in [0.05, 0.1) is 23.2 Å². The molecule has 0 unspecified atom stereocenters. The van der Waals surface area contributed by atoms with Crippen LogP contribution in [-0.2, 0) is 20.3 Å². The monoisotopic (exact) mass is 578 g/mol. The molecule has 2 heterocycles. The first-order valence-electron chi connectivity index (χ1n) is 12.1. The van der Waals surface area contributed by atoms with Crippen molar-refractivity contribution in [2.24, 2.45) is 9.98 Å². The minimum atomic E-state index is -0.124. The molecule has 0 spiro atoms. The minimum absolute atomic E-state index is 0.0514. The number of aliphatic imine (C=N–C) groups is 2. The Labute approximate surface area is 221 Å². The molecule has 0 bridgehead atoms. The fourth-order valence-electron chi connectivity index (χ4n) is 4.76. The molecule has 4 nitrogen and oxygen atoms in total. The summed E-state index contributed by atoms with van der Waals surface area (Å²) in [6.45, 7) is 10.1. The van der Waals surface area contributed by atoms with Crippen molar-refractivity contribution >= 4 is 34.4 Å². The van der Waals surface area contributed by atoms with Crippen molar-refractivity contribution in [2.75, 3.05) is 13.2 Å². The van der Waals surface area contributed by atoms with Crippen molar-refractivity contribution in [1.82, 2.24) is 0 Å². The molecule has 2 aliphatic heterocycles. The summed E-state index contributed by atoms with van der Waals surface area (Å²) >= 11 is 2.38. The van der Waals surface area contributed by atoms with E-state index < -0.39 is 0 Å². The zero-order valence-electron chi connectivity index (χ0n) is 20.7. The Morgan fingerprint density at radius 3 is 1.43 bits per heavy atom. The second-order valence-electron chi connectivity index (χ2n) is 10.4. The van der Waals surface area contributed by atoms with Gasteiger partial charge in [-0.2, -0.15) is 0 Å². The lowest BCUT2D eigenvalue weighted by Crippen LogP contribution is -2.33. The number of halogens is 1. The molecule has 0 N–H and O–H groups in total. The van der Waals surface area contributed by atoms with Gasteiger partial charge >= 0.3 is 0 Å². The van der Waals surface area contributed by atoms with Crippen molar-refractivity contribution in [2.45, 2.75) is 50.6 Å². The van der Waals surface area contributed by atoms with E-state index >= 15 is 0 Å². The van der Waals surface area contributed by atoms with Crippen LogP contribution in [0, 0.1) is 3.57 Å². The summed E-state index contributed by atoms with van der Waals surface area (Å²) in [6, 6.07) is 27.4. The van der Waals surface area contributed by atoms with E-state index in [1.165, 1.54) is 11.1 Å². The van der Waals surface area contributed by atoms with E-state index in [0.29, 0.717) is 25.0 Å². The number of hydrogen-bond acceptors (Lipinski definition) is 4. The van der Waals surface area contributed by atoms with Gasteiger partial charge in [-0.25, -0.2) is 9.98 Å². The Bertz CT molecular complexity index is 1170. The Balaban J connectivity index is 1.42. The van der Waals surface area contributed by atoms with Crippen LogP contribution in [0.4, 0.5) is 0 Å². The summed E-state index contributed by atoms with van der Waals surface area (Å²) in [5.41, 5.74) is 4.27. The topological polar surface area (TPSA) is 43.2 Å². The van der Waals surface area contributed by atoms with E-state index in [1.807, 2.05) is 18.2 Å². The predicted octanol–water partition coefficient (Wildman–Crippen LogP) is 6.54. The number of rotatable bonds is 6. The van der Waals surface area contributed by atoms with Gasteiger partial charge in [0.15, 0.2) is 0 Å². The van der Waals surface area contributed by atoms with Crippen molar-refractivity contribution in [3.8, 4) is 0 Å². The van der Waals surface area contributed by atoms with E-state index in [0.717, 1.165) is 14.7 Å². The third-order valence-corrected chi connectivity index (χ3v) is 8.63. The highest BCUT2D eigenvalue weighted by Crippen LogP contribution is 2.35.